The van der Waals surface area contributed by atoms with Gasteiger partial charge in [0, 0.05) is 12.5 Å². The molecule has 2 bridgehead atoms. The van der Waals surface area contributed by atoms with Gasteiger partial charge in [0.25, 0.3) is 0 Å². The van der Waals surface area contributed by atoms with Gasteiger partial charge in [0.15, 0.2) is 0 Å². The first kappa shape index (κ1) is 10.1. The maximum atomic E-state index is 3.46. The highest BCUT2D eigenvalue weighted by atomic mass is 14.9. The van der Waals surface area contributed by atoms with Crippen LogP contribution in [0.5, 0.6) is 0 Å². The van der Waals surface area contributed by atoms with Crippen LogP contribution in [0.1, 0.15) is 39.0 Å². The van der Waals surface area contributed by atoms with Crippen molar-refractivity contribution in [2.75, 3.05) is 7.05 Å². The minimum atomic E-state index is 0.651. The molecule has 2 rings (SSSR count). The normalized spacial score (nSPS) is 36.6. The van der Waals surface area contributed by atoms with Gasteiger partial charge in [-0.3, -0.25) is 0 Å². The van der Waals surface area contributed by atoms with Gasteiger partial charge in [-0.25, -0.2) is 0 Å². The van der Waals surface area contributed by atoms with Crippen molar-refractivity contribution in [3.8, 4) is 11.8 Å². The summed E-state index contributed by atoms with van der Waals surface area (Å²) in [6.07, 6.45) is 6.98. The summed E-state index contributed by atoms with van der Waals surface area (Å²) in [5.41, 5.74) is 0. The Bertz CT molecular complexity index is 248. The Labute approximate surface area is 87.7 Å². The molecule has 2 aliphatic carbocycles. The molecule has 0 amide bonds. The Hall–Kier alpha value is -0.480. The zero-order valence-electron chi connectivity index (χ0n) is 9.34. The van der Waals surface area contributed by atoms with Crippen molar-refractivity contribution in [2.45, 2.75) is 45.1 Å². The molecule has 1 heteroatoms. The molecule has 78 valence electrons. The van der Waals surface area contributed by atoms with E-state index in [1.165, 1.54) is 25.7 Å². The van der Waals surface area contributed by atoms with Gasteiger partial charge < -0.3 is 5.32 Å². The predicted molar refractivity (Wildman–Crippen MR) is 59.9 cm³/mol. The van der Waals surface area contributed by atoms with Crippen LogP contribution in [0.2, 0.25) is 0 Å². The summed E-state index contributed by atoms with van der Waals surface area (Å²) < 4.78 is 0. The highest BCUT2D eigenvalue weighted by Gasteiger charge is 2.42. The van der Waals surface area contributed by atoms with Crippen LogP contribution in [0.4, 0.5) is 0 Å². The Kier molecular flexibility index (Phi) is 3.13. The van der Waals surface area contributed by atoms with Crippen molar-refractivity contribution >= 4 is 0 Å². The van der Waals surface area contributed by atoms with E-state index in [0.717, 1.165) is 24.2 Å². The van der Waals surface area contributed by atoms with Crippen LogP contribution in [0, 0.1) is 29.6 Å². The van der Waals surface area contributed by atoms with Crippen molar-refractivity contribution in [3.63, 3.8) is 0 Å². The number of hydrogen-bond donors (Lipinski definition) is 1. The molecule has 4 unspecified atom stereocenters. The van der Waals surface area contributed by atoms with E-state index in [9.17, 15) is 0 Å². The molecule has 0 radical (unpaired) electrons. The fourth-order valence-electron chi connectivity index (χ4n) is 3.47. The van der Waals surface area contributed by atoms with E-state index in [1.807, 2.05) is 6.92 Å². The van der Waals surface area contributed by atoms with Crippen LogP contribution >= 0.6 is 0 Å². The summed E-state index contributed by atoms with van der Waals surface area (Å²) in [4.78, 5) is 0. The van der Waals surface area contributed by atoms with E-state index >= 15 is 0 Å². The molecule has 0 saturated heterocycles. The van der Waals surface area contributed by atoms with E-state index in [-0.39, 0.29) is 0 Å². The van der Waals surface area contributed by atoms with E-state index in [0.29, 0.717) is 6.04 Å². The molecule has 14 heavy (non-hydrogen) atoms. The smallest absolute Gasteiger partial charge is 0.0245 e. The van der Waals surface area contributed by atoms with Crippen LogP contribution in [-0.2, 0) is 0 Å². The third-order valence-electron chi connectivity index (χ3n) is 4.18. The summed E-state index contributed by atoms with van der Waals surface area (Å²) >= 11 is 0. The second-order valence-electron chi connectivity index (χ2n) is 4.86. The Morgan fingerprint density at radius 2 is 2.21 bits per heavy atom. The molecule has 0 aromatic carbocycles. The quantitative estimate of drug-likeness (QED) is 0.676. The number of nitrogens with one attached hydrogen (secondary N) is 1. The first-order valence-corrected chi connectivity index (χ1v) is 5.92. The lowest BCUT2D eigenvalue weighted by molar-refractivity contribution is 0.259. The second-order valence-corrected chi connectivity index (χ2v) is 4.86. The molecule has 2 saturated carbocycles. The maximum absolute atomic E-state index is 3.46. The molecule has 0 aromatic heterocycles. The van der Waals surface area contributed by atoms with E-state index in [2.05, 4.69) is 24.2 Å². The maximum Gasteiger partial charge on any atom is 0.0245 e. The minimum Gasteiger partial charge on any atom is -0.316 e. The Morgan fingerprint density at radius 3 is 2.71 bits per heavy atom. The molecule has 2 fully saturated rings. The first-order chi connectivity index (χ1) is 6.85. The van der Waals surface area contributed by atoms with Crippen molar-refractivity contribution in [1.29, 1.82) is 0 Å². The van der Waals surface area contributed by atoms with Crippen LogP contribution in [0.15, 0.2) is 0 Å². The third kappa shape index (κ3) is 1.81. The molecule has 4 atom stereocenters. The minimum absolute atomic E-state index is 0.651. The zero-order valence-corrected chi connectivity index (χ0v) is 9.34. The second kappa shape index (κ2) is 4.36. The van der Waals surface area contributed by atoms with Gasteiger partial charge in [0.05, 0.1) is 0 Å². The molecule has 2 aliphatic rings. The van der Waals surface area contributed by atoms with Gasteiger partial charge in [-0.1, -0.05) is 6.42 Å². The van der Waals surface area contributed by atoms with Crippen molar-refractivity contribution in [3.05, 3.63) is 0 Å². The summed E-state index contributed by atoms with van der Waals surface area (Å²) in [7, 11) is 2.09. The fraction of sp³-hybridized carbons (Fsp3) is 0.846. The lowest BCUT2D eigenvalue weighted by atomic mass is 9.82. The number of fused-ring (bicyclic) bond motifs is 2. The molecule has 0 aromatic rings. The molecule has 0 heterocycles. The van der Waals surface area contributed by atoms with Crippen molar-refractivity contribution < 1.29 is 0 Å². The van der Waals surface area contributed by atoms with E-state index in [1.54, 1.807) is 0 Å². The Balaban J connectivity index is 1.94. The highest BCUT2D eigenvalue weighted by molar-refractivity contribution is 5.03. The molecular formula is C13H21N. The van der Waals surface area contributed by atoms with Gasteiger partial charge in [0.2, 0.25) is 0 Å². The highest BCUT2D eigenvalue weighted by Crippen LogP contribution is 2.49. The van der Waals surface area contributed by atoms with E-state index in [4.69, 9.17) is 0 Å². The number of hydrogen-bond acceptors (Lipinski definition) is 1. The zero-order chi connectivity index (χ0) is 9.97. The molecule has 1 nitrogen and oxygen atoms in total. The van der Waals surface area contributed by atoms with Gasteiger partial charge in [-0.15, -0.1) is 11.8 Å². The van der Waals surface area contributed by atoms with Crippen molar-refractivity contribution in [2.24, 2.45) is 17.8 Å². The lowest BCUT2D eigenvalue weighted by Gasteiger charge is -2.29. The number of rotatable bonds is 3. The Morgan fingerprint density at radius 1 is 1.36 bits per heavy atom. The van der Waals surface area contributed by atoms with Gasteiger partial charge >= 0.3 is 0 Å². The van der Waals surface area contributed by atoms with Crippen LogP contribution in [0.3, 0.4) is 0 Å². The van der Waals surface area contributed by atoms with Crippen LogP contribution in [0.25, 0.3) is 0 Å². The lowest BCUT2D eigenvalue weighted by Crippen LogP contribution is -2.36. The summed E-state index contributed by atoms with van der Waals surface area (Å²) in [6, 6.07) is 0.651. The summed E-state index contributed by atoms with van der Waals surface area (Å²) in [5.74, 6) is 9.21. The van der Waals surface area contributed by atoms with Gasteiger partial charge in [-0.05, 0) is 51.0 Å². The fourth-order valence-corrected chi connectivity index (χ4v) is 3.47. The molecular weight excluding hydrogens is 170 g/mol. The predicted octanol–water partition coefficient (Wildman–Crippen LogP) is 2.42. The average molecular weight is 191 g/mol. The van der Waals surface area contributed by atoms with Gasteiger partial charge in [-0.2, -0.15) is 0 Å². The van der Waals surface area contributed by atoms with Crippen LogP contribution in [-0.4, -0.2) is 13.1 Å². The van der Waals surface area contributed by atoms with Gasteiger partial charge in [0.1, 0.15) is 0 Å². The van der Waals surface area contributed by atoms with Crippen molar-refractivity contribution in [1.82, 2.24) is 5.32 Å². The van der Waals surface area contributed by atoms with E-state index < -0.39 is 0 Å². The molecule has 0 spiro atoms. The summed E-state index contributed by atoms with van der Waals surface area (Å²) in [6.45, 7) is 1.94. The third-order valence-corrected chi connectivity index (χ3v) is 4.18. The standard InChI is InChI=1S/C13H21N/c1-3-4-5-13(14-2)12-9-10-6-7-11(12)8-10/h10-14H,5-9H2,1-2H3. The first-order valence-electron chi connectivity index (χ1n) is 5.92. The topological polar surface area (TPSA) is 12.0 Å². The average Bonchev–Trinajstić information content (AvgIpc) is 2.80. The van der Waals surface area contributed by atoms with Crippen LogP contribution < -0.4 is 5.32 Å². The molecule has 0 aliphatic heterocycles. The summed E-state index contributed by atoms with van der Waals surface area (Å²) in [5, 5.41) is 3.46. The SMILES string of the molecule is CC#CCC(NC)C1CC2CCC1C2. The molecule has 1 N–H and O–H groups in total. The monoisotopic (exact) mass is 191 g/mol. The largest absolute Gasteiger partial charge is 0.316 e.